The first-order valence-corrected chi connectivity index (χ1v) is 9.20. The molecule has 1 aromatic heterocycles. The van der Waals surface area contributed by atoms with Crippen molar-refractivity contribution in [2.24, 2.45) is 0 Å². The van der Waals surface area contributed by atoms with E-state index in [1.165, 1.54) is 16.9 Å². The fraction of sp³-hybridized carbons (Fsp3) is 0.158. The van der Waals surface area contributed by atoms with Gasteiger partial charge in [0.1, 0.15) is 5.75 Å². The Morgan fingerprint density at radius 3 is 3.04 bits per heavy atom. The highest BCUT2D eigenvalue weighted by atomic mass is 35.5. The zero-order valence-electron chi connectivity index (χ0n) is 13.3. The van der Waals surface area contributed by atoms with Gasteiger partial charge in [-0.2, -0.15) is 0 Å². The number of benzene rings is 2. The van der Waals surface area contributed by atoms with Gasteiger partial charge in [-0.25, -0.2) is 4.98 Å². The number of nitrogens with one attached hydrogen (secondary N) is 1. The molecule has 3 aromatic rings. The van der Waals surface area contributed by atoms with Crippen LogP contribution in [0.15, 0.2) is 47.8 Å². The number of rotatable bonds is 4. The van der Waals surface area contributed by atoms with Crippen molar-refractivity contribution in [1.82, 2.24) is 4.98 Å². The molecule has 0 spiro atoms. The maximum Gasteiger partial charge on any atom is 0.230 e. The lowest BCUT2D eigenvalue weighted by Gasteiger charge is -2.04. The second-order valence-corrected chi connectivity index (χ2v) is 7.04. The normalized spacial score (nSPS) is 12.5. The predicted molar refractivity (Wildman–Crippen MR) is 101 cm³/mol. The molecule has 0 bridgehead atoms. The summed E-state index contributed by atoms with van der Waals surface area (Å²) in [5.41, 5.74) is 3.90. The standard InChI is InChI=1S/C19H15ClN2O2S/c20-15-4-2-1-3-12(15)10-18(23)22-19-21-16(11-25-19)13-5-6-17-14(9-13)7-8-24-17/h1-6,9,11H,7-8,10H2,(H,21,22,23). The third-order valence-corrected chi connectivity index (χ3v) is 5.17. The lowest BCUT2D eigenvalue weighted by Crippen LogP contribution is -2.14. The van der Waals surface area contributed by atoms with Crippen LogP contribution >= 0.6 is 22.9 Å². The van der Waals surface area contributed by atoms with Crippen LogP contribution in [-0.4, -0.2) is 17.5 Å². The van der Waals surface area contributed by atoms with Gasteiger partial charge >= 0.3 is 0 Å². The SMILES string of the molecule is O=C(Cc1ccccc1Cl)Nc1nc(-c2ccc3c(c2)CCO3)cs1. The molecule has 1 aliphatic heterocycles. The minimum absolute atomic E-state index is 0.128. The number of thiazole rings is 1. The average Bonchev–Trinajstić information content (AvgIpc) is 3.25. The van der Waals surface area contributed by atoms with Crippen molar-refractivity contribution in [2.75, 3.05) is 11.9 Å². The molecule has 0 radical (unpaired) electrons. The molecule has 2 heterocycles. The molecule has 4 rings (SSSR count). The molecule has 0 atom stereocenters. The lowest BCUT2D eigenvalue weighted by atomic mass is 10.1. The quantitative estimate of drug-likeness (QED) is 0.731. The number of carbonyl (C=O) groups excluding carboxylic acids is 1. The van der Waals surface area contributed by atoms with E-state index < -0.39 is 0 Å². The van der Waals surface area contributed by atoms with Crippen LogP contribution < -0.4 is 10.1 Å². The van der Waals surface area contributed by atoms with Crippen LogP contribution in [0.2, 0.25) is 5.02 Å². The van der Waals surface area contributed by atoms with Crippen LogP contribution in [0.3, 0.4) is 0 Å². The van der Waals surface area contributed by atoms with Crippen LogP contribution in [0, 0.1) is 0 Å². The Morgan fingerprint density at radius 2 is 2.16 bits per heavy atom. The van der Waals surface area contributed by atoms with Crippen LogP contribution in [0.4, 0.5) is 5.13 Å². The number of ether oxygens (including phenoxy) is 1. The monoisotopic (exact) mass is 370 g/mol. The predicted octanol–water partition coefficient (Wildman–Crippen LogP) is 4.58. The first-order chi connectivity index (χ1) is 12.2. The Bertz CT molecular complexity index is 939. The molecule has 25 heavy (non-hydrogen) atoms. The van der Waals surface area contributed by atoms with Gasteiger partial charge in [-0.15, -0.1) is 11.3 Å². The molecule has 0 fully saturated rings. The van der Waals surface area contributed by atoms with Gasteiger partial charge in [0.2, 0.25) is 5.91 Å². The van der Waals surface area contributed by atoms with Gasteiger partial charge in [0.25, 0.3) is 0 Å². The number of hydrogen-bond donors (Lipinski definition) is 1. The zero-order valence-corrected chi connectivity index (χ0v) is 14.9. The summed E-state index contributed by atoms with van der Waals surface area (Å²) in [6, 6.07) is 13.4. The molecule has 4 nitrogen and oxygen atoms in total. The Labute approximate surface area is 154 Å². The van der Waals surface area contributed by atoms with Gasteiger partial charge in [0, 0.05) is 22.4 Å². The summed E-state index contributed by atoms with van der Waals surface area (Å²) in [5, 5.41) is 5.97. The molecule has 2 aromatic carbocycles. The van der Waals surface area contributed by atoms with E-state index in [4.69, 9.17) is 16.3 Å². The summed E-state index contributed by atoms with van der Waals surface area (Å²) < 4.78 is 5.53. The second-order valence-electron chi connectivity index (χ2n) is 5.78. The Kier molecular flexibility index (Phi) is 4.42. The summed E-state index contributed by atoms with van der Waals surface area (Å²) in [6.07, 6.45) is 1.15. The third kappa shape index (κ3) is 3.52. The van der Waals surface area contributed by atoms with Gasteiger partial charge in [-0.05, 0) is 35.4 Å². The van der Waals surface area contributed by atoms with E-state index in [0.29, 0.717) is 10.2 Å². The highest BCUT2D eigenvalue weighted by molar-refractivity contribution is 7.14. The molecule has 0 saturated heterocycles. The van der Waals surface area contributed by atoms with Crippen LogP contribution in [0.5, 0.6) is 5.75 Å². The van der Waals surface area contributed by atoms with Crippen molar-refractivity contribution < 1.29 is 9.53 Å². The minimum atomic E-state index is -0.128. The van der Waals surface area contributed by atoms with Crippen LogP contribution in [-0.2, 0) is 17.6 Å². The highest BCUT2D eigenvalue weighted by Gasteiger charge is 2.15. The van der Waals surface area contributed by atoms with E-state index in [1.807, 2.05) is 35.7 Å². The molecular formula is C19H15ClN2O2S. The van der Waals surface area contributed by atoms with Crippen molar-refractivity contribution in [3.8, 4) is 17.0 Å². The molecule has 6 heteroatoms. The smallest absolute Gasteiger partial charge is 0.230 e. The van der Waals surface area contributed by atoms with Gasteiger partial charge < -0.3 is 10.1 Å². The van der Waals surface area contributed by atoms with Crippen molar-refractivity contribution >= 4 is 34.0 Å². The number of nitrogens with zero attached hydrogens (tertiary/aromatic N) is 1. The van der Waals surface area contributed by atoms with E-state index in [9.17, 15) is 4.79 Å². The topological polar surface area (TPSA) is 51.2 Å². The Hall–Kier alpha value is -2.37. The van der Waals surface area contributed by atoms with Crippen LogP contribution in [0.1, 0.15) is 11.1 Å². The summed E-state index contributed by atoms with van der Waals surface area (Å²) in [5.74, 6) is 0.823. The lowest BCUT2D eigenvalue weighted by molar-refractivity contribution is -0.115. The van der Waals surface area contributed by atoms with Gasteiger partial charge in [-0.3, -0.25) is 4.79 Å². The number of anilines is 1. The summed E-state index contributed by atoms with van der Waals surface area (Å²) in [4.78, 5) is 16.7. The Balaban J connectivity index is 1.46. The first-order valence-electron chi connectivity index (χ1n) is 7.94. The van der Waals surface area contributed by atoms with Gasteiger partial charge in [-0.1, -0.05) is 29.8 Å². The molecular weight excluding hydrogens is 356 g/mol. The first kappa shape index (κ1) is 16.1. The van der Waals surface area contributed by atoms with Crippen molar-refractivity contribution in [1.29, 1.82) is 0 Å². The van der Waals surface area contributed by atoms with Gasteiger partial charge in [0.05, 0.1) is 18.7 Å². The minimum Gasteiger partial charge on any atom is -0.493 e. The second kappa shape index (κ2) is 6.86. The summed E-state index contributed by atoms with van der Waals surface area (Å²) in [6.45, 7) is 0.735. The molecule has 1 amide bonds. The maximum atomic E-state index is 12.2. The van der Waals surface area contributed by atoms with E-state index >= 15 is 0 Å². The average molecular weight is 371 g/mol. The summed E-state index contributed by atoms with van der Waals surface area (Å²) >= 11 is 7.51. The van der Waals surface area contributed by atoms with Crippen LogP contribution in [0.25, 0.3) is 11.3 Å². The number of aromatic nitrogens is 1. The van der Waals surface area contributed by atoms with Crippen molar-refractivity contribution in [2.45, 2.75) is 12.8 Å². The Morgan fingerprint density at radius 1 is 1.28 bits per heavy atom. The van der Waals surface area contributed by atoms with Gasteiger partial charge in [0.15, 0.2) is 5.13 Å². The largest absolute Gasteiger partial charge is 0.493 e. The van der Waals surface area contributed by atoms with E-state index in [1.54, 1.807) is 6.07 Å². The van der Waals surface area contributed by atoms with Crippen molar-refractivity contribution in [3.63, 3.8) is 0 Å². The summed E-state index contributed by atoms with van der Waals surface area (Å²) in [7, 11) is 0. The number of halogens is 1. The number of amides is 1. The molecule has 126 valence electrons. The van der Waals surface area contributed by atoms with E-state index in [2.05, 4.69) is 16.4 Å². The molecule has 1 aliphatic rings. The fourth-order valence-corrected chi connectivity index (χ4v) is 3.73. The number of hydrogen-bond acceptors (Lipinski definition) is 4. The molecule has 0 saturated carbocycles. The van der Waals surface area contributed by atoms with E-state index in [-0.39, 0.29) is 12.3 Å². The molecule has 0 unspecified atom stereocenters. The fourth-order valence-electron chi connectivity index (χ4n) is 2.79. The zero-order chi connectivity index (χ0) is 17.2. The third-order valence-electron chi connectivity index (χ3n) is 4.04. The van der Waals surface area contributed by atoms with Crippen molar-refractivity contribution in [3.05, 3.63) is 64.0 Å². The number of carbonyl (C=O) groups is 1. The number of fused-ring (bicyclic) bond motifs is 1. The van der Waals surface area contributed by atoms with E-state index in [0.717, 1.165) is 35.6 Å². The molecule has 0 aliphatic carbocycles. The maximum absolute atomic E-state index is 12.2. The highest BCUT2D eigenvalue weighted by Crippen LogP contribution is 2.32. The molecule has 1 N–H and O–H groups in total.